The van der Waals surface area contributed by atoms with E-state index in [4.69, 9.17) is 11.6 Å². The molecule has 4 aromatic rings. The lowest BCUT2D eigenvalue weighted by Crippen LogP contribution is -2.25. The van der Waals surface area contributed by atoms with Gasteiger partial charge in [0.15, 0.2) is 5.16 Å². The van der Waals surface area contributed by atoms with Crippen molar-refractivity contribution < 1.29 is 4.79 Å². The molecule has 1 amide bonds. The minimum absolute atomic E-state index is 0.0804. The van der Waals surface area contributed by atoms with Crippen LogP contribution in [-0.2, 0) is 17.9 Å². The molecule has 30 heavy (non-hydrogen) atoms. The van der Waals surface area contributed by atoms with Crippen LogP contribution < -0.4 is 10.9 Å². The molecular weight excluding hydrogens is 422 g/mol. The highest BCUT2D eigenvalue weighted by Crippen LogP contribution is 2.21. The summed E-state index contributed by atoms with van der Waals surface area (Å²) in [7, 11) is 0. The standard InChI is InChI=1S/C21H20ClN5O2S/c1-2-10-26-19(29)16-8-3-4-9-17(16)27-20(26)24-25-21(27)30-13-18(28)23-12-14-6-5-7-15(22)11-14/h3-9,11H,2,10,12-13H2,1H3,(H,23,28). The summed E-state index contributed by atoms with van der Waals surface area (Å²) in [5.74, 6) is 0.549. The van der Waals surface area contributed by atoms with Crippen LogP contribution in [0, 0.1) is 0 Å². The number of carbonyl (C=O) groups excluding carboxylic acids is 1. The molecule has 0 atom stereocenters. The van der Waals surface area contributed by atoms with Crippen LogP contribution in [0.4, 0.5) is 0 Å². The largest absolute Gasteiger partial charge is 0.351 e. The van der Waals surface area contributed by atoms with Crippen molar-refractivity contribution in [3.8, 4) is 0 Å². The van der Waals surface area contributed by atoms with Gasteiger partial charge in [-0.3, -0.25) is 18.6 Å². The van der Waals surface area contributed by atoms with Crippen LogP contribution in [0.5, 0.6) is 0 Å². The van der Waals surface area contributed by atoms with E-state index in [0.717, 1.165) is 17.5 Å². The Morgan fingerprint density at radius 2 is 2.00 bits per heavy atom. The number of nitrogens with one attached hydrogen (secondary N) is 1. The summed E-state index contributed by atoms with van der Waals surface area (Å²) >= 11 is 7.27. The van der Waals surface area contributed by atoms with Crippen LogP contribution in [0.25, 0.3) is 16.7 Å². The lowest BCUT2D eigenvalue weighted by molar-refractivity contribution is -0.118. The van der Waals surface area contributed by atoms with Crippen LogP contribution in [-0.4, -0.2) is 30.8 Å². The first-order valence-corrected chi connectivity index (χ1v) is 11.0. The second-order valence-corrected chi connectivity index (χ2v) is 8.17. The Morgan fingerprint density at radius 1 is 1.17 bits per heavy atom. The van der Waals surface area contributed by atoms with Crippen molar-refractivity contribution in [2.45, 2.75) is 31.6 Å². The van der Waals surface area contributed by atoms with Crippen molar-refractivity contribution in [1.82, 2.24) is 24.5 Å². The fourth-order valence-electron chi connectivity index (χ4n) is 3.28. The normalized spacial score (nSPS) is 11.3. The van der Waals surface area contributed by atoms with Gasteiger partial charge in [-0.1, -0.05) is 54.6 Å². The second-order valence-electron chi connectivity index (χ2n) is 6.79. The highest BCUT2D eigenvalue weighted by atomic mass is 35.5. The molecule has 1 N–H and O–H groups in total. The third-order valence-electron chi connectivity index (χ3n) is 4.64. The number of hydrogen-bond donors (Lipinski definition) is 1. The van der Waals surface area contributed by atoms with Gasteiger partial charge in [0.2, 0.25) is 11.7 Å². The van der Waals surface area contributed by atoms with E-state index < -0.39 is 0 Å². The summed E-state index contributed by atoms with van der Waals surface area (Å²) in [5.41, 5.74) is 1.59. The number of aryl methyl sites for hydroxylation is 1. The summed E-state index contributed by atoms with van der Waals surface area (Å²) in [6, 6.07) is 14.7. The molecule has 0 spiro atoms. The van der Waals surface area contributed by atoms with Crippen LogP contribution in [0.15, 0.2) is 58.5 Å². The molecular formula is C21H20ClN5O2S. The van der Waals surface area contributed by atoms with Crippen LogP contribution in [0.1, 0.15) is 18.9 Å². The summed E-state index contributed by atoms with van der Waals surface area (Å²) in [4.78, 5) is 25.2. The van der Waals surface area contributed by atoms with Gasteiger partial charge < -0.3 is 5.32 Å². The minimum Gasteiger partial charge on any atom is -0.351 e. The zero-order valence-corrected chi connectivity index (χ0v) is 17.9. The van der Waals surface area contributed by atoms with Crippen LogP contribution in [0.2, 0.25) is 5.02 Å². The maximum absolute atomic E-state index is 12.9. The third kappa shape index (κ3) is 4.06. The van der Waals surface area contributed by atoms with Gasteiger partial charge in [0.05, 0.1) is 16.7 Å². The van der Waals surface area contributed by atoms with Gasteiger partial charge in [-0.15, -0.1) is 10.2 Å². The highest BCUT2D eigenvalue weighted by molar-refractivity contribution is 7.99. The van der Waals surface area contributed by atoms with E-state index in [1.807, 2.05) is 47.7 Å². The van der Waals surface area contributed by atoms with E-state index in [1.54, 1.807) is 16.7 Å². The molecule has 4 rings (SSSR count). The van der Waals surface area contributed by atoms with Crippen molar-refractivity contribution in [3.05, 3.63) is 69.5 Å². The summed E-state index contributed by atoms with van der Waals surface area (Å²) in [5, 5.41) is 13.2. The molecule has 2 aromatic heterocycles. The van der Waals surface area contributed by atoms with E-state index in [1.165, 1.54) is 11.8 Å². The number of fused-ring (bicyclic) bond motifs is 3. The van der Waals surface area contributed by atoms with Crippen LogP contribution in [0.3, 0.4) is 0 Å². The summed E-state index contributed by atoms with van der Waals surface area (Å²) in [6.45, 7) is 2.96. The molecule has 7 nitrogen and oxygen atoms in total. The zero-order chi connectivity index (χ0) is 21.1. The Balaban J connectivity index is 1.57. The molecule has 0 fully saturated rings. The average Bonchev–Trinajstić information content (AvgIpc) is 3.18. The number of para-hydroxylation sites is 1. The Kier molecular flexibility index (Phi) is 6.06. The molecule has 0 aliphatic carbocycles. The fraction of sp³-hybridized carbons (Fsp3) is 0.238. The van der Waals surface area contributed by atoms with Gasteiger partial charge in [0.1, 0.15) is 0 Å². The Hall–Kier alpha value is -2.84. The Bertz CT molecular complexity index is 1280. The maximum Gasteiger partial charge on any atom is 0.262 e. The lowest BCUT2D eigenvalue weighted by atomic mass is 10.2. The molecule has 0 aliphatic rings. The number of carbonyl (C=O) groups is 1. The first-order chi connectivity index (χ1) is 14.6. The lowest BCUT2D eigenvalue weighted by Gasteiger charge is -2.10. The predicted molar refractivity (Wildman–Crippen MR) is 119 cm³/mol. The third-order valence-corrected chi connectivity index (χ3v) is 5.80. The molecule has 0 saturated heterocycles. The van der Waals surface area contributed by atoms with E-state index in [9.17, 15) is 9.59 Å². The quantitative estimate of drug-likeness (QED) is 0.444. The Labute approximate surface area is 182 Å². The van der Waals surface area contributed by atoms with Crippen molar-refractivity contribution in [3.63, 3.8) is 0 Å². The van der Waals surface area contributed by atoms with E-state index in [0.29, 0.717) is 34.4 Å². The van der Waals surface area contributed by atoms with Crippen LogP contribution >= 0.6 is 23.4 Å². The molecule has 0 radical (unpaired) electrons. The predicted octanol–water partition coefficient (Wildman–Crippen LogP) is 3.52. The first kappa shape index (κ1) is 20.4. The van der Waals surface area contributed by atoms with Gasteiger partial charge in [0.25, 0.3) is 5.56 Å². The number of thioether (sulfide) groups is 1. The second kappa shape index (κ2) is 8.89. The Morgan fingerprint density at radius 3 is 2.80 bits per heavy atom. The van der Waals surface area contributed by atoms with Crippen molar-refractivity contribution in [2.75, 3.05) is 5.75 Å². The maximum atomic E-state index is 12.9. The molecule has 0 bridgehead atoms. The van der Waals surface area contributed by atoms with E-state index >= 15 is 0 Å². The smallest absolute Gasteiger partial charge is 0.262 e. The van der Waals surface area contributed by atoms with Gasteiger partial charge in [-0.2, -0.15) is 0 Å². The zero-order valence-electron chi connectivity index (χ0n) is 16.3. The molecule has 9 heteroatoms. The molecule has 154 valence electrons. The number of halogens is 1. The van der Waals surface area contributed by atoms with Gasteiger partial charge in [-0.25, -0.2) is 0 Å². The van der Waals surface area contributed by atoms with Crippen molar-refractivity contribution in [1.29, 1.82) is 0 Å². The van der Waals surface area contributed by atoms with Crippen molar-refractivity contribution in [2.24, 2.45) is 0 Å². The number of amides is 1. The number of hydrogen-bond acceptors (Lipinski definition) is 5. The first-order valence-electron chi connectivity index (χ1n) is 9.59. The number of nitrogens with zero attached hydrogens (tertiary/aromatic N) is 4. The minimum atomic E-state index is -0.122. The number of rotatable bonds is 7. The molecule has 2 aromatic carbocycles. The topological polar surface area (TPSA) is 81.3 Å². The summed E-state index contributed by atoms with van der Waals surface area (Å²) in [6.07, 6.45) is 0.801. The average molecular weight is 442 g/mol. The molecule has 0 aliphatic heterocycles. The van der Waals surface area contributed by atoms with E-state index in [2.05, 4.69) is 15.5 Å². The SMILES string of the molecule is CCCn1c(=O)c2ccccc2n2c(SCC(=O)NCc3cccc(Cl)c3)nnc12. The van der Waals surface area contributed by atoms with Gasteiger partial charge in [0, 0.05) is 18.1 Å². The monoisotopic (exact) mass is 441 g/mol. The fourth-order valence-corrected chi connectivity index (χ4v) is 4.26. The highest BCUT2D eigenvalue weighted by Gasteiger charge is 2.17. The molecule has 2 heterocycles. The molecule has 0 unspecified atom stereocenters. The number of benzene rings is 2. The molecule has 0 saturated carbocycles. The number of aromatic nitrogens is 4. The summed E-state index contributed by atoms with van der Waals surface area (Å²) < 4.78 is 3.49. The van der Waals surface area contributed by atoms with Gasteiger partial charge >= 0.3 is 0 Å². The van der Waals surface area contributed by atoms with E-state index in [-0.39, 0.29) is 17.2 Å². The van der Waals surface area contributed by atoms with Gasteiger partial charge in [-0.05, 0) is 36.2 Å². The van der Waals surface area contributed by atoms with Crippen molar-refractivity contribution >= 4 is 46.0 Å².